The van der Waals surface area contributed by atoms with Gasteiger partial charge in [0, 0.05) is 12.1 Å². The monoisotopic (exact) mass is 244 g/mol. The van der Waals surface area contributed by atoms with Crippen molar-refractivity contribution >= 4 is 11.8 Å². The maximum atomic E-state index is 11.7. The van der Waals surface area contributed by atoms with Gasteiger partial charge in [-0.2, -0.15) is 0 Å². The number of aromatic hydroxyl groups is 2. The van der Waals surface area contributed by atoms with Gasteiger partial charge in [0.2, 0.25) is 0 Å². The number of hydrogen-bond acceptors (Lipinski definition) is 4. The number of amides is 2. The molecule has 0 atom stereocenters. The number of imide groups is 1. The van der Waals surface area contributed by atoms with Crippen molar-refractivity contribution in [1.82, 2.24) is 9.88 Å². The van der Waals surface area contributed by atoms with Crippen molar-refractivity contribution in [3.05, 3.63) is 41.5 Å². The van der Waals surface area contributed by atoms with E-state index in [9.17, 15) is 19.8 Å². The van der Waals surface area contributed by atoms with Crippen molar-refractivity contribution in [2.24, 2.45) is 0 Å². The molecule has 1 aliphatic rings. The molecular weight excluding hydrogens is 236 g/mol. The fraction of sp³-hybridized carbons (Fsp3) is 0. The Morgan fingerprint density at radius 2 is 1.61 bits per heavy atom. The lowest BCUT2D eigenvalue weighted by atomic mass is 10.1. The summed E-state index contributed by atoms with van der Waals surface area (Å²) in [5, 5.41) is 21.5. The largest absolute Gasteiger partial charge is 0.494 e. The third-order valence-corrected chi connectivity index (χ3v) is 2.82. The molecular formula is C12H8N2O4. The van der Waals surface area contributed by atoms with Gasteiger partial charge in [-0.3, -0.25) is 19.5 Å². The molecule has 90 valence electrons. The van der Waals surface area contributed by atoms with Gasteiger partial charge in [0.05, 0.1) is 16.8 Å². The highest BCUT2D eigenvalue weighted by Gasteiger charge is 2.30. The number of nitrogens with one attached hydrogen (secondary N) is 1. The molecule has 1 aromatic carbocycles. The van der Waals surface area contributed by atoms with Crippen LogP contribution >= 0.6 is 0 Å². The predicted molar refractivity (Wildman–Crippen MR) is 60.9 cm³/mol. The number of aromatic nitrogens is 1. The second kappa shape index (κ2) is 3.36. The second-order valence-electron chi connectivity index (χ2n) is 3.87. The number of fused-ring (bicyclic) bond motifs is 1. The molecule has 6 heteroatoms. The Balaban J connectivity index is 2.34. The van der Waals surface area contributed by atoms with Crippen LogP contribution in [0.1, 0.15) is 20.7 Å². The summed E-state index contributed by atoms with van der Waals surface area (Å²) in [4.78, 5) is 23.2. The third-order valence-electron chi connectivity index (χ3n) is 2.82. The van der Waals surface area contributed by atoms with Crippen LogP contribution in [0.5, 0.6) is 11.8 Å². The van der Waals surface area contributed by atoms with Gasteiger partial charge in [0.25, 0.3) is 11.8 Å². The van der Waals surface area contributed by atoms with Gasteiger partial charge in [0.15, 0.2) is 11.8 Å². The summed E-state index contributed by atoms with van der Waals surface area (Å²) in [6.07, 6.45) is 0. The number of rotatable bonds is 1. The predicted octanol–water partition coefficient (Wildman–Crippen LogP) is 0.772. The molecule has 0 radical (unpaired) electrons. The van der Waals surface area contributed by atoms with Gasteiger partial charge in [-0.1, -0.05) is 6.07 Å². The van der Waals surface area contributed by atoms with Crippen molar-refractivity contribution in [2.75, 3.05) is 0 Å². The Kier molecular flexibility index (Phi) is 1.94. The van der Waals surface area contributed by atoms with Crippen molar-refractivity contribution in [2.45, 2.75) is 0 Å². The molecule has 1 aromatic heterocycles. The molecule has 2 aromatic rings. The molecule has 0 aliphatic carbocycles. The highest BCUT2D eigenvalue weighted by atomic mass is 16.3. The van der Waals surface area contributed by atoms with E-state index in [0.717, 1.165) is 4.57 Å². The van der Waals surface area contributed by atoms with Crippen molar-refractivity contribution in [3.8, 4) is 17.4 Å². The van der Waals surface area contributed by atoms with Crippen LogP contribution in [0.3, 0.4) is 0 Å². The summed E-state index contributed by atoms with van der Waals surface area (Å²) in [6, 6.07) is 7.21. The standard InChI is InChI=1S/C12H8N2O4/c15-8-4-5-9(16)14(8)7-3-1-2-6-10(7)12(18)13-11(6)17/h1-5,15-16H,(H,13,17,18). The number of benzene rings is 1. The normalized spacial score (nSPS) is 13.6. The average molecular weight is 244 g/mol. The molecule has 2 heterocycles. The van der Waals surface area contributed by atoms with Crippen LogP contribution in [0, 0.1) is 0 Å². The van der Waals surface area contributed by atoms with Gasteiger partial charge < -0.3 is 10.2 Å². The van der Waals surface area contributed by atoms with Crippen molar-refractivity contribution < 1.29 is 19.8 Å². The summed E-state index contributed by atoms with van der Waals surface area (Å²) in [6.45, 7) is 0. The van der Waals surface area contributed by atoms with Crippen LogP contribution in [0.25, 0.3) is 5.69 Å². The lowest BCUT2D eigenvalue weighted by Crippen LogP contribution is -2.20. The fourth-order valence-corrected chi connectivity index (χ4v) is 2.05. The molecule has 3 N–H and O–H groups in total. The molecule has 0 saturated heterocycles. The Bertz CT molecular complexity index is 668. The molecule has 2 amide bonds. The van der Waals surface area contributed by atoms with Crippen LogP contribution in [0.15, 0.2) is 30.3 Å². The van der Waals surface area contributed by atoms with E-state index in [2.05, 4.69) is 5.32 Å². The van der Waals surface area contributed by atoms with E-state index in [-0.39, 0.29) is 28.6 Å². The molecule has 0 unspecified atom stereocenters. The summed E-state index contributed by atoms with van der Waals surface area (Å²) < 4.78 is 1.09. The van der Waals surface area contributed by atoms with E-state index in [1.807, 2.05) is 0 Å². The minimum Gasteiger partial charge on any atom is -0.494 e. The Labute approximate surface area is 101 Å². The van der Waals surface area contributed by atoms with Gasteiger partial charge in [-0.25, -0.2) is 0 Å². The van der Waals surface area contributed by atoms with E-state index < -0.39 is 11.8 Å². The quantitative estimate of drug-likeness (QED) is 0.646. The lowest BCUT2D eigenvalue weighted by Gasteiger charge is -2.09. The van der Waals surface area contributed by atoms with E-state index in [4.69, 9.17) is 0 Å². The van der Waals surface area contributed by atoms with Gasteiger partial charge in [0.1, 0.15) is 0 Å². The summed E-state index contributed by atoms with van der Waals surface area (Å²) in [5.41, 5.74) is 0.630. The Hall–Kier alpha value is -2.76. The first-order valence-electron chi connectivity index (χ1n) is 5.18. The third kappa shape index (κ3) is 1.22. The molecule has 1 aliphatic heterocycles. The highest BCUT2D eigenvalue weighted by Crippen LogP contribution is 2.31. The zero-order valence-electron chi connectivity index (χ0n) is 9.04. The van der Waals surface area contributed by atoms with Crippen LogP contribution in [0.2, 0.25) is 0 Å². The van der Waals surface area contributed by atoms with Crippen molar-refractivity contribution in [1.29, 1.82) is 0 Å². The first-order chi connectivity index (χ1) is 8.59. The summed E-state index contributed by atoms with van der Waals surface area (Å²) in [7, 11) is 0. The minimum atomic E-state index is -0.543. The first-order valence-corrected chi connectivity index (χ1v) is 5.18. The maximum absolute atomic E-state index is 11.7. The Morgan fingerprint density at radius 3 is 2.28 bits per heavy atom. The van der Waals surface area contributed by atoms with Gasteiger partial charge >= 0.3 is 0 Å². The van der Waals surface area contributed by atoms with E-state index in [1.54, 1.807) is 6.07 Å². The minimum absolute atomic E-state index is 0.143. The van der Waals surface area contributed by atoms with Crippen LogP contribution < -0.4 is 5.32 Å². The molecule has 6 nitrogen and oxygen atoms in total. The van der Waals surface area contributed by atoms with Gasteiger partial charge in [-0.05, 0) is 12.1 Å². The van der Waals surface area contributed by atoms with Crippen LogP contribution in [-0.2, 0) is 0 Å². The molecule has 3 rings (SSSR count). The Morgan fingerprint density at radius 1 is 0.944 bits per heavy atom. The molecule has 0 spiro atoms. The average Bonchev–Trinajstić information content (AvgIpc) is 2.81. The number of nitrogens with zero attached hydrogens (tertiary/aromatic N) is 1. The zero-order chi connectivity index (χ0) is 12.9. The molecule has 0 saturated carbocycles. The maximum Gasteiger partial charge on any atom is 0.261 e. The highest BCUT2D eigenvalue weighted by molar-refractivity contribution is 6.23. The van der Waals surface area contributed by atoms with E-state index >= 15 is 0 Å². The van der Waals surface area contributed by atoms with Gasteiger partial charge in [-0.15, -0.1) is 0 Å². The fourth-order valence-electron chi connectivity index (χ4n) is 2.05. The number of carbonyl (C=O) groups excluding carboxylic acids is 2. The topological polar surface area (TPSA) is 91.6 Å². The SMILES string of the molecule is O=C1NC(=O)c2c1cccc2-n1c(O)ccc1O. The smallest absolute Gasteiger partial charge is 0.261 e. The van der Waals surface area contributed by atoms with Crippen LogP contribution in [0.4, 0.5) is 0 Å². The first kappa shape index (κ1) is 10.4. The summed E-state index contributed by atoms with van der Waals surface area (Å²) >= 11 is 0. The number of carbonyl (C=O) groups is 2. The van der Waals surface area contributed by atoms with Crippen molar-refractivity contribution in [3.63, 3.8) is 0 Å². The molecule has 0 fully saturated rings. The molecule has 18 heavy (non-hydrogen) atoms. The van der Waals surface area contributed by atoms with Crippen LogP contribution in [-0.4, -0.2) is 26.6 Å². The lowest BCUT2D eigenvalue weighted by molar-refractivity contribution is 0.0879. The zero-order valence-corrected chi connectivity index (χ0v) is 9.04. The summed E-state index contributed by atoms with van der Waals surface area (Å²) in [5.74, 6) is -1.46. The second-order valence-corrected chi connectivity index (χ2v) is 3.87. The van der Waals surface area contributed by atoms with E-state index in [1.165, 1.54) is 24.3 Å². The van der Waals surface area contributed by atoms with E-state index in [0.29, 0.717) is 0 Å². The molecule has 0 bridgehead atoms. The number of hydrogen-bond donors (Lipinski definition) is 3.